The summed E-state index contributed by atoms with van der Waals surface area (Å²) >= 11 is 0. The third kappa shape index (κ3) is 3.26. The Morgan fingerprint density at radius 1 is 0.939 bits per heavy atom. The number of imidazole rings is 1. The second-order valence-electron chi connectivity index (χ2n) is 7.48. The molecule has 160 valence electrons. The van der Waals surface area contributed by atoms with Crippen molar-refractivity contribution in [3.8, 4) is 39.5 Å². The molecule has 0 saturated heterocycles. The number of nitrogens with one attached hydrogen (secondary N) is 2. The highest BCUT2D eigenvalue weighted by Gasteiger charge is 2.17. The fraction of sp³-hybridized carbons (Fsp3) is 0.0417. The Bertz CT molecular complexity index is 1620. The monoisotopic (exact) mass is 437 g/mol. The van der Waals surface area contributed by atoms with Gasteiger partial charge in [0.05, 0.1) is 12.6 Å². The Hall–Kier alpha value is -4.66. The number of pyridine rings is 1. The van der Waals surface area contributed by atoms with Crippen molar-refractivity contribution >= 4 is 22.1 Å². The van der Waals surface area contributed by atoms with Crippen LogP contribution in [-0.2, 0) is 0 Å². The first-order valence-corrected chi connectivity index (χ1v) is 10.1. The summed E-state index contributed by atoms with van der Waals surface area (Å²) < 4.78 is 19.4. The highest BCUT2D eigenvalue weighted by Crippen LogP contribution is 2.33. The Kier molecular flexibility index (Phi) is 4.32. The number of methoxy groups -OCH3 is 1. The molecule has 0 fully saturated rings. The lowest BCUT2D eigenvalue weighted by molar-refractivity contribution is 0.411. The van der Waals surface area contributed by atoms with Crippen molar-refractivity contribution in [1.29, 1.82) is 0 Å². The smallest absolute Gasteiger partial charge is 0.160 e. The second-order valence-corrected chi connectivity index (χ2v) is 7.48. The van der Waals surface area contributed by atoms with E-state index in [1.807, 2.05) is 18.2 Å². The maximum atomic E-state index is 14.1. The molecular weight excluding hydrogens is 421 g/mol. The maximum absolute atomic E-state index is 14.1. The van der Waals surface area contributed by atoms with Crippen LogP contribution in [0, 0.1) is 5.82 Å². The zero-order valence-electron chi connectivity index (χ0n) is 17.4. The van der Waals surface area contributed by atoms with Gasteiger partial charge >= 0.3 is 0 Å². The van der Waals surface area contributed by atoms with E-state index in [0.717, 1.165) is 27.6 Å². The fourth-order valence-electron chi connectivity index (χ4n) is 3.91. The molecule has 0 aliphatic rings. The lowest BCUT2D eigenvalue weighted by atomic mass is 10.1. The molecule has 9 heteroatoms. The van der Waals surface area contributed by atoms with Crippen LogP contribution in [0.15, 0.2) is 67.4 Å². The average molecular weight is 437 g/mol. The van der Waals surface area contributed by atoms with Gasteiger partial charge in [0.2, 0.25) is 0 Å². The number of halogens is 1. The minimum atomic E-state index is -0.388. The number of benzene rings is 2. The van der Waals surface area contributed by atoms with Gasteiger partial charge in [0, 0.05) is 41.2 Å². The van der Waals surface area contributed by atoms with E-state index >= 15 is 0 Å². The largest absolute Gasteiger partial charge is 0.497 e. The van der Waals surface area contributed by atoms with Gasteiger partial charge in [-0.1, -0.05) is 6.07 Å². The number of H-pyrrole nitrogens is 2. The third-order valence-electron chi connectivity index (χ3n) is 5.48. The van der Waals surface area contributed by atoms with Gasteiger partial charge < -0.3 is 9.72 Å². The summed E-state index contributed by atoms with van der Waals surface area (Å²) in [5.41, 5.74) is 5.97. The van der Waals surface area contributed by atoms with Crippen molar-refractivity contribution in [1.82, 2.24) is 35.1 Å². The molecule has 0 atom stereocenters. The van der Waals surface area contributed by atoms with Crippen molar-refractivity contribution in [3.05, 3.63) is 73.2 Å². The van der Waals surface area contributed by atoms with E-state index in [4.69, 9.17) is 9.72 Å². The van der Waals surface area contributed by atoms with E-state index in [2.05, 4.69) is 30.1 Å². The van der Waals surface area contributed by atoms with Crippen LogP contribution < -0.4 is 4.74 Å². The molecule has 6 rings (SSSR count). The van der Waals surface area contributed by atoms with Crippen molar-refractivity contribution < 1.29 is 9.13 Å². The molecule has 0 saturated carbocycles. The molecular formula is C24H16FN7O. The standard InChI is InChI=1S/C24H16FN7O/c1-33-17-7-14(6-16(25)9-17)18-4-5-28-23-21(18)29-24(30-23)22-19-8-13(2-3-20(19)31-32-22)15-10-26-12-27-11-15/h2-12H,1H3,(H,31,32)(H,28,29,30). The number of aromatic amines is 2. The summed E-state index contributed by atoms with van der Waals surface area (Å²) in [6.45, 7) is 0. The van der Waals surface area contributed by atoms with Crippen molar-refractivity contribution in [2.45, 2.75) is 0 Å². The molecule has 0 unspecified atom stereocenters. The molecule has 2 aromatic carbocycles. The number of hydrogen-bond donors (Lipinski definition) is 2. The summed E-state index contributed by atoms with van der Waals surface area (Å²) in [4.78, 5) is 20.6. The number of rotatable bonds is 4. The normalized spacial score (nSPS) is 11.3. The molecule has 2 N–H and O–H groups in total. The minimum Gasteiger partial charge on any atom is -0.497 e. The summed E-state index contributed by atoms with van der Waals surface area (Å²) in [5, 5.41) is 8.43. The number of hydrogen-bond acceptors (Lipinski definition) is 6. The zero-order valence-corrected chi connectivity index (χ0v) is 17.4. The Morgan fingerprint density at radius 3 is 2.67 bits per heavy atom. The van der Waals surface area contributed by atoms with Crippen LogP contribution in [0.4, 0.5) is 4.39 Å². The van der Waals surface area contributed by atoms with Gasteiger partial charge in [0.15, 0.2) is 11.5 Å². The van der Waals surface area contributed by atoms with Gasteiger partial charge in [0.25, 0.3) is 0 Å². The lowest BCUT2D eigenvalue weighted by Crippen LogP contribution is -1.88. The fourth-order valence-corrected chi connectivity index (χ4v) is 3.91. The lowest BCUT2D eigenvalue weighted by Gasteiger charge is -2.06. The van der Waals surface area contributed by atoms with Gasteiger partial charge in [-0.25, -0.2) is 24.3 Å². The first-order valence-electron chi connectivity index (χ1n) is 10.1. The van der Waals surface area contributed by atoms with E-state index in [1.54, 1.807) is 30.7 Å². The Morgan fingerprint density at radius 2 is 1.82 bits per heavy atom. The molecule has 4 heterocycles. The maximum Gasteiger partial charge on any atom is 0.160 e. The molecule has 0 spiro atoms. The Balaban J connectivity index is 1.50. The SMILES string of the molecule is COc1cc(F)cc(-c2ccnc3[nH]c(-c4n[nH]c5ccc(-c6cncnc6)cc45)nc23)c1. The number of nitrogens with zero attached hydrogens (tertiary/aromatic N) is 5. The summed E-state index contributed by atoms with van der Waals surface area (Å²) in [6.07, 6.45) is 6.68. The van der Waals surface area contributed by atoms with Crippen LogP contribution in [0.5, 0.6) is 5.75 Å². The highest BCUT2D eigenvalue weighted by atomic mass is 19.1. The molecule has 0 radical (unpaired) electrons. The van der Waals surface area contributed by atoms with Gasteiger partial charge in [-0.15, -0.1) is 0 Å². The van der Waals surface area contributed by atoms with Crippen molar-refractivity contribution in [2.75, 3.05) is 7.11 Å². The van der Waals surface area contributed by atoms with Crippen molar-refractivity contribution in [3.63, 3.8) is 0 Å². The van der Waals surface area contributed by atoms with Crippen molar-refractivity contribution in [2.24, 2.45) is 0 Å². The van der Waals surface area contributed by atoms with E-state index in [1.165, 1.54) is 25.6 Å². The average Bonchev–Trinajstić information content (AvgIpc) is 3.47. The van der Waals surface area contributed by atoms with Crippen LogP contribution in [0.25, 0.3) is 55.8 Å². The predicted octanol–water partition coefficient (Wildman–Crippen LogP) is 4.77. The second kappa shape index (κ2) is 7.49. The predicted molar refractivity (Wildman–Crippen MR) is 122 cm³/mol. The van der Waals surface area contributed by atoms with E-state index < -0.39 is 0 Å². The van der Waals surface area contributed by atoms with Crippen LogP contribution >= 0.6 is 0 Å². The molecule has 0 aliphatic heterocycles. The van der Waals surface area contributed by atoms with Crippen LogP contribution in [0.1, 0.15) is 0 Å². The molecule has 0 amide bonds. The quantitative estimate of drug-likeness (QED) is 0.411. The number of aromatic nitrogens is 7. The topological polar surface area (TPSA) is 105 Å². The highest BCUT2D eigenvalue weighted by molar-refractivity contribution is 5.97. The van der Waals surface area contributed by atoms with E-state index in [-0.39, 0.29) is 5.82 Å². The minimum absolute atomic E-state index is 0.388. The first kappa shape index (κ1) is 19.1. The molecule has 0 bridgehead atoms. The molecule has 4 aromatic heterocycles. The Labute approximate surface area is 186 Å². The molecule has 33 heavy (non-hydrogen) atoms. The van der Waals surface area contributed by atoms with Gasteiger partial charge in [0.1, 0.15) is 29.1 Å². The van der Waals surface area contributed by atoms with Gasteiger partial charge in [-0.3, -0.25) is 5.10 Å². The summed E-state index contributed by atoms with van der Waals surface area (Å²) in [7, 11) is 1.51. The molecule has 6 aromatic rings. The van der Waals surface area contributed by atoms with Gasteiger partial charge in [-0.2, -0.15) is 5.10 Å². The summed E-state index contributed by atoms with van der Waals surface area (Å²) in [5.74, 6) is 0.600. The van der Waals surface area contributed by atoms with Crippen LogP contribution in [0.2, 0.25) is 0 Å². The van der Waals surface area contributed by atoms with E-state index in [0.29, 0.717) is 34.0 Å². The summed E-state index contributed by atoms with van der Waals surface area (Å²) in [6, 6.07) is 12.3. The van der Waals surface area contributed by atoms with E-state index in [9.17, 15) is 4.39 Å². The zero-order chi connectivity index (χ0) is 22.4. The van der Waals surface area contributed by atoms with Crippen LogP contribution in [0.3, 0.4) is 0 Å². The molecule has 0 aliphatic carbocycles. The van der Waals surface area contributed by atoms with Crippen LogP contribution in [-0.4, -0.2) is 42.2 Å². The first-order chi connectivity index (χ1) is 16.2. The van der Waals surface area contributed by atoms with Gasteiger partial charge in [-0.05, 0) is 41.5 Å². The third-order valence-corrected chi connectivity index (χ3v) is 5.48. The number of fused-ring (bicyclic) bond motifs is 2. The number of ether oxygens (including phenoxy) is 1. The molecule has 8 nitrogen and oxygen atoms in total.